The first kappa shape index (κ1) is 22.0. The first-order valence-corrected chi connectivity index (χ1v) is 10.4. The summed E-state index contributed by atoms with van der Waals surface area (Å²) in [5.74, 6) is -0.787. The van der Waals surface area contributed by atoms with E-state index < -0.39 is 12.1 Å². The van der Waals surface area contributed by atoms with E-state index >= 15 is 0 Å². The summed E-state index contributed by atoms with van der Waals surface area (Å²) in [5.41, 5.74) is 0.318. The quantitative estimate of drug-likeness (QED) is 0.703. The third-order valence-electron chi connectivity index (χ3n) is 5.88. The van der Waals surface area contributed by atoms with E-state index in [2.05, 4.69) is 19.6 Å². The Morgan fingerprint density at radius 1 is 1.03 bits per heavy atom. The van der Waals surface area contributed by atoms with Crippen LogP contribution >= 0.6 is 0 Å². The van der Waals surface area contributed by atoms with Crippen molar-refractivity contribution in [3.8, 4) is 11.4 Å². The molecule has 2 fully saturated rings. The van der Waals surface area contributed by atoms with Crippen LogP contribution in [0.4, 0.5) is 19.0 Å². The van der Waals surface area contributed by atoms with E-state index in [9.17, 15) is 22.8 Å². The van der Waals surface area contributed by atoms with E-state index in [0.29, 0.717) is 63.5 Å². The molecule has 2 saturated heterocycles. The van der Waals surface area contributed by atoms with Crippen molar-refractivity contribution in [1.29, 1.82) is 0 Å². The van der Waals surface area contributed by atoms with Crippen molar-refractivity contribution in [3.05, 3.63) is 24.2 Å². The molecule has 9 nitrogen and oxygen atoms in total. The molecule has 172 valence electrons. The summed E-state index contributed by atoms with van der Waals surface area (Å²) in [6, 6.07) is 3.28. The van der Waals surface area contributed by atoms with Gasteiger partial charge in [0.15, 0.2) is 0 Å². The zero-order valence-corrected chi connectivity index (χ0v) is 17.5. The van der Waals surface area contributed by atoms with Crippen molar-refractivity contribution in [1.82, 2.24) is 24.9 Å². The molecule has 0 saturated carbocycles. The summed E-state index contributed by atoms with van der Waals surface area (Å²) >= 11 is 0. The third-order valence-corrected chi connectivity index (χ3v) is 5.88. The molecule has 2 aromatic rings. The van der Waals surface area contributed by atoms with Gasteiger partial charge in [0.25, 0.3) is 0 Å². The molecule has 0 atom stereocenters. The number of hydrogen-bond donors (Lipinski definition) is 0. The van der Waals surface area contributed by atoms with Crippen LogP contribution in [0.5, 0.6) is 0 Å². The van der Waals surface area contributed by atoms with Crippen LogP contribution in [0.1, 0.15) is 25.7 Å². The van der Waals surface area contributed by atoms with Crippen LogP contribution in [0.2, 0.25) is 0 Å². The molecule has 0 radical (unpaired) electrons. The lowest BCUT2D eigenvalue weighted by Gasteiger charge is -2.38. The van der Waals surface area contributed by atoms with Gasteiger partial charge in [-0.25, -0.2) is 4.98 Å². The number of anilines is 1. The molecule has 2 aliphatic rings. The van der Waals surface area contributed by atoms with Crippen LogP contribution in [0.15, 0.2) is 22.9 Å². The lowest BCUT2D eigenvalue weighted by Crippen LogP contribution is -2.52. The monoisotopic (exact) mass is 452 g/mol. The topological polar surface area (TPSA) is 95.7 Å². The van der Waals surface area contributed by atoms with Crippen LogP contribution in [-0.2, 0) is 15.8 Å². The number of amides is 2. The molecule has 0 N–H and O–H groups in total. The Morgan fingerprint density at radius 2 is 1.72 bits per heavy atom. The van der Waals surface area contributed by atoms with E-state index in [1.807, 2.05) is 9.80 Å². The SMILES string of the molecule is CC(=O)N1CCC(C(=O)N2CCN(c3ccc(-c4noc(C(F)(F)F)n4)cn3)CC2)CC1. The second-order valence-corrected chi connectivity index (χ2v) is 7.92. The van der Waals surface area contributed by atoms with Gasteiger partial charge < -0.3 is 19.2 Å². The molecule has 2 amide bonds. The van der Waals surface area contributed by atoms with E-state index in [0.717, 1.165) is 0 Å². The first-order chi connectivity index (χ1) is 15.2. The average molecular weight is 452 g/mol. The molecule has 2 aliphatic heterocycles. The number of piperidine rings is 1. The van der Waals surface area contributed by atoms with E-state index in [1.165, 1.54) is 6.20 Å². The van der Waals surface area contributed by atoms with Gasteiger partial charge in [0.1, 0.15) is 5.82 Å². The van der Waals surface area contributed by atoms with Crippen molar-refractivity contribution in [3.63, 3.8) is 0 Å². The van der Waals surface area contributed by atoms with E-state index in [4.69, 9.17) is 0 Å². The van der Waals surface area contributed by atoms with Crippen molar-refractivity contribution in [2.24, 2.45) is 5.92 Å². The molecule has 32 heavy (non-hydrogen) atoms. The van der Waals surface area contributed by atoms with Crippen molar-refractivity contribution >= 4 is 17.6 Å². The molecule has 0 aliphatic carbocycles. The van der Waals surface area contributed by atoms with Crippen LogP contribution < -0.4 is 4.90 Å². The minimum absolute atomic E-state index is 0.0446. The second-order valence-electron chi connectivity index (χ2n) is 7.92. The second kappa shape index (κ2) is 8.75. The zero-order chi connectivity index (χ0) is 22.9. The fraction of sp³-hybridized carbons (Fsp3) is 0.550. The van der Waals surface area contributed by atoms with E-state index in [-0.39, 0.29) is 23.6 Å². The molecule has 12 heteroatoms. The maximum absolute atomic E-state index is 12.8. The highest BCUT2D eigenvalue weighted by Crippen LogP contribution is 2.29. The number of pyridine rings is 1. The summed E-state index contributed by atoms with van der Waals surface area (Å²) < 4.78 is 42.1. The summed E-state index contributed by atoms with van der Waals surface area (Å²) in [4.78, 5) is 37.6. The predicted molar refractivity (Wildman–Crippen MR) is 106 cm³/mol. The number of nitrogens with zero attached hydrogens (tertiary/aromatic N) is 6. The average Bonchev–Trinajstić information content (AvgIpc) is 3.30. The van der Waals surface area contributed by atoms with Gasteiger partial charge in [0.2, 0.25) is 17.6 Å². The van der Waals surface area contributed by atoms with Gasteiger partial charge in [-0.2, -0.15) is 18.2 Å². The largest absolute Gasteiger partial charge is 0.471 e. The Kier molecular flexibility index (Phi) is 6.02. The Hall–Kier alpha value is -3.18. The Labute approximate surface area is 182 Å². The molecule has 0 bridgehead atoms. The number of aromatic nitrogens is 3. The number of alkyl halides is 3. The van der Waals surface area contributed by atoms with Gasteiger partial charge in [0.05, 0.1) is 0 Å². The molecule has 0 aromatic carbocycles. The lowest BCUT2D eigenvalue weighted by atomic mass is 9.95. The number of likely N-dealkylation sites (tertiary alicyclic amines) is 1. The van der Waals surface area contributed by atoms with Gasteiger partial charge in [-0.1, -0.05) is 5.16 Å². The van der Waals surface area contributed by atoms with Crippen LogP contribution in [0, 0.1) is 5.92 Å². The Balaban J connectivity index is 1.31. The minimum Gasteiger partial charge on any atom is -0.353 e. The predicted octanol–water partition coefficient (Wildman–Crippen LogP) is 2.06. The molecule has 4 rings (SSSR count). The number of carbonyl (C=O) groups is 2. The molecule has 4 heterocycles. The number of hydrogen-bond acceptors (Lipinski definition) is 7. The molecular weight excluding hydrogens is 429 g/mol. The number of piperazine rings is 1. The number of halogens is 3. The number of rotatable bonds is 3. The summed E-state index contributed by atoms with van der Waals surface area (Å²) in [7, 11) is 0. The highest BCUT2D eigenvalue weighted by molar-refractivity contribution is 5.80. The lowest BCUT2D eigenvalue weighted by molar-refractivity contribution is -0.159. The van der Waals surface area contributed by atoms with Gasteiger partial charge in [-0.05, 0) is 25.0 Å². The fourth-order valence-corrected chi connectivity index (χ4v) is 4.02. The maximum atomic E-state index is 12.8. The van der Waals surface area contributed by atoms with Crippen molar-refractivity contribution in [2.75, 3.05) is 44.2 Å². The standard InChI is InChI=1S/C20H23F3N6O3/c1-13(30)27-6-4-14(5-7-27)18(31)29-10-8-28(9-11-29)16-3-2-15(12-24-16)17-25-19(32-26-17)20(21,22)23/h2-3,12,14H,4-11H2,1H3. The van der Waals surface area contributed by atoms with Crippen LogP contribution in [-0.4, -0.2) is 76.0 Å². The van der Waals surface area contributed by atoms with E-state index in [1.54, 1.807) is 24.0 Å². The van der Waals surface area contributed by atoms with Crippen molar-refractivity contribution < 1.29 is 27.3 Å². The van der Waals surface area contributed by atoms with Gasteiger partial charge in [-0.3, -0.25) is 9.59 Å². The molecule has 2 aromatic heterocycles. The Morgan fingerprint density at radius 3 is 2.25 bits per heavy atom. The molecular formula is C20H23F3N6O3. The maximum Gasteiger partial charge on any atom is 0.471 e. The minimum atomic E-state index is -4.69. The molecule has 0 unspecified atom stereocenters. The first-order valence-electron chi connectivity index (χ1n) is 10.4. The molecule has 0 spiro atoms. The number of carbonyl (C=O) groups excluding carboxylic acids is 2. The third kappa shape index (κ3) is 4.68. The van der Waals surface area contributed by atoms with Gasteiger partial charge in [-0.15, -0.1) is 0 Å². The zero-order valence-electron chi connectivity index (χ0n) is 17.5. The normalized spacial score (nSPS) is 18.2. The summed E-state index contributed by atoms with van der Waals surface area (Å²) in [6.45, 7) is 5.11. The van der Waals surface area contributed by atoms with Gasteiger partial charge >= 0.3 is 12.1 Å². The Bertz CT molecular complexity index is 962. The van der Waals surface area contributed by atoms with Gasteiger partial charge in [0, 0.05) is 63.9 Å². The van der Waals surface area contributed by atoms with Crippen molar-refractivity contribution in [2.45, 2.75) is 25.9 Å². The summed E-state index contributed by atoms with van der Waals surface area (Å²) in [6.07, 6.45) is -1.91. The van der Waals surface area contributed by atoms with Crippen LogP contribution in [0.3, 0.4) is 0 Å². The highest BCUT2D eigenvalue weighted by atomic mass is 19.4. The summed E-state index contributed by atoms with van der Waals surface area (Å²) in [5, 5.41) is 3.36. The highest BCUT2D eigenvalue weighted by Gasteiger charge is 2.38. The smallest absolute Gasteiger partial charge is 0.353 e. The van der Waals surface area contributed by atoms with Crippen LogP contribution in [0.25, 0.3) is 11.4 Å². The fourth-order valence-electron chi connectivity index (χ4n) is 4.02.